The summed E-state index contributed by atoms with van der Waals surface area (Å²) in [6.45, 7) is 4.77. The number of para-hydroxylation sites is 1. The fraction of sp³-hybridized carbons (Fsp3) is 0.250. The average Bonchev–Trinajstić information content (AvgIpc) is 2.43. The summed E-state index contributed by atoms with van der Waals surface area (Å²) >= 11 is 6.08. The summed E-state index contributed by atoms with van der Waals surface area (Å²) in [5.74, 6) is 0.884. The van der Waals surface area contributed by atoms with Crippen LogP contribution in [0, 0.1) is 5.82 Å². The molecule has 0 radical (unpaired) electrons. The summed E-state index contributed by atoms with van der Waals surface area (Å²) in [6.07, 6.45) is 0. The van der Waals surface area contributed by atoms with Gasteiger partial charge in [0, 0.05) is 11.6 Å². The lowest BCUT2D eigenvalue weighted by Crippen LogP contribution is -2.18. The minimum Gasteiger partial charge on any atom is -0.455 e. The van der Waals surface area contributed by atoms with E-state index < -0.39 is 0 Å². The largest absolute Gasteiger partial charge is 0.455 e. The SMILES string of the molecule is CCNC(C)c1cc(F)ccc1Oc1ccccc1Cl. The van der Waals surface area contributed by atoms with E-state index in [1.165, 1.54) is 12.1 Å². The van der Waals surface area contributed by atoms with Crippen molar-refractivity contribution in [1.82, 2.24) is 5.32 Å². The van der Waals surface area contributed by atoms with Gasteiger partial charge >= 0.3 is 0 Å². The summed E-state index contributed by atoms with van der Waals surface area (Å²) in [4.78, 5) is 0. The molecule has 0 heterocycles. The zero-order valence-corrected chi connectivity index (χ0v) is 12.2. The van der Waals surface area contributed by atoms with Crippen molar-refractivity contribution in [2.45, 2.75) is 19.9 Å². The van der Waals surface area contributed by atoms with Crippen LogP contribution in [0.5, 0.6) is 11.5 Å². The van der Waals surface area contributed by atoms with Gasteiger partial charge in [0.05, 0.1) is 5.02 Å². The maximum atomic E-state index is 13.5. The van der Waals surface area contributed by atoms with Gasteiger partial charge in [-0.3, -0.25) is 0 Å². The summed E-state index contributed by atoms with van der Waals surface area (Å²) in [5, 5.41) is 3.78. The zero-order chi connectivity index (χ0) is 14.5. The second kappa shape index (κ2) is 6.73. The monoisotopic (exact) mass is 293 g/mol. The first-order chi connectivity index (χ1) is 9.61. The Kier molecular flexibility index (Phi) is 4.99. The van der Waals surface area contributed by atoms with E-state index in [2.05, 4.69) is 5.32 Å². The van der Waals surface area contributed by atoms with Crippen molar-refractivity contribution in [1.29, 1.82) is 0 Å². The van der Waals surface area contributed by atoms with Gasteiger partial charge in [-0.25, -0.2) is 4.39 Å². The van der Waals surface area contributed by atoms with Gasteiger partial charge in [-0.1, -0.05) is 30.7 Å². The van der Waals surface area contributed by atoms with Gasteiger partial charge < -0.3 is 10.1 Å². The first kappa shape index (κ1) is 14.8. The molecular weight excluding hydrogens is 277 g/mol. The number of nitrogens with one attached hydrogen (secondary N) is 1. The van der Waals surface area contributed by atoms with Crippen LogP contribution < -0.4 is 10.1 Å². The second-order valence-corrected chi connectivity index (χ2v) is 4.90. The van der Waals surface area contributed by atoms with E-state index in [1.54, 1.807) is 18.2 Å². The number of benzene rings is 2. The minimum absolute atomic E-state index is 0.00631. The Labute approximate surface area is 123 Å². The average molecular weight is 294 g/mol. The molecule has 0 saturated carbocycles. The molecule has 0 aromatic heterocycles. The minimum atomic E-state index is -0.281. The van der Waals surface area contributed by atoms with Crippen LogP contribution in [0.3, 0.4) is 0 Å². The lowest BCUT2D eigenvalue weighted by Gasteiger charge is -2.18. The predicted octanol–water partition coefficient (Wildman–Crippen LogP) is 4.94. The number of rotatable bonds is 5. The summed E-state index contributed by atoms with van der Waals surface area (Å²) in [5.41, 5.74) is 0.770. The van der Waals surface area contributed by atoms with Crippen molar-refractivity contribution in [3.63, 3.8) is 0 Å². The van der Waals surface area contributed by atoms with E-state index in [4.69, 9.17) is 16.3 Å². The van der Waals surface area contributed by atoms with Crippen LogP contribution in [0.4, 0.5) is 4.39 Å². The van der Waals surface area contributed by atoms with Crippen LogP contribution in [0.1, 0.15) is 25.5 Å². The number of ether oxygens (including phenoxy) is 1. The Morgan fingerprint density at radius 2 is 1.95 bits per heavy atom. The molecule has 1 atom stereocenters. The topological polar surface area (TPSA) is 21.3 Å². The lowest BCUT2D eigenvalue weighted by atomic mass is 10.1. The van der Waals surface area contributed by atoms with E-state index in [1.807, 2.05) is 26.0 Å². The van der Waals surface area contributed by atoms with Crippen molar-refractivity contribution >= 4 is 11.6 Å². The van der Waals surface area contributed by atoms with Crippen molar-refractivity contribution in [2.75, 3.05) is 6.54 Å². The molecule has 1 unspecified atom stereocenters. The van der Waals surface area contributed by atoms with Gasteiger partial charge in [0.25, 0.3) is 0 Å². The lowest BCUT2D eigenvalue weighted by molar-refractivity contribution is 0.460. The molecule has 1 N–H and O–H groups in total. The van der Waals surface area contributed by atoms with Gasteiger partial charge in [0.2, 0.25) is 0 Å². The third kappa shape index (κ3) is 3.50. The predicted molar refractivity (Wildman–Crippen MR) is 80.0 cm³/mol. The van der Waals surface area contributed by atoms with Crippen LogP contribution in [0.25, 0.3) is 0 Å². The Bertz CT molecular complexity index is 588. The normalized spacial score (nSPS) is 12.2. The molecule has 0 amide bonds. The molecule has 2 nitrogen and oxygen atoms in total. The third-order valence-electron chi connectivity index (χ3n) is 3.01. The van der Waals surface area contributed by atoms with Crippen molar-refractivity contribution in [3.8, 4) is 11.5 Å². The van der Waals surface area contributed by atoms with E-state index in [9.17, 15) is 4.39 Å². The molecule has 0 saturated heterocycles. The van der Waals surface area contributed by atoms with Gasteiger partial charge in [0.15, 0.2) is 0 Å². The quantitative estimate of drug-likeness (QED) is 0.843. The van der Waals surface area contributed by atoms with Gasteiger partial charge in [-0.05, 0) is 43.8 Å². The standard InChI is InChI=1S/C16H17ClFNO/c1-3-19-11(2)13-10-12(18)8-9-15(13)20-16-7-5-4-6-14(16)17/h4-11,19H,3H2,1-2H3. The van der Waals surface area contributed by atoms with Crippen LogP contribution in [-0.2, 0) is 0 Å². The Morgan fingerprint density at radius 3 is 2.65 bits per heavy atom. The first-order valence-corrected chi connectivity index (χ1v) is 6.94. The maximum Gasteiger partial charge on any atom is 0.146 e. The molecule has 2 aromatic carbocycles. The van der Waals surface area contributed by atoms with Crippen molar-refractivity contribution in [2.24, 2.45) is 0 Å². The molecule has 0 aliphatic carbocycles. The second-order valence-electron chi connectivity index (χ2n) is 4.49. The number of halogens is 2. The molecule has 106 valence electrons. The highest BCUT2D eigenvalue weighted by molar-refractivity contribution is 6.32. The highest BCUT2D eigenvalue weighted by Crippen LogP contribution is 2.33. The van der Waals surface area contributed by atoms with Crippen LogP contribution >= 0.6 is 11.6 Å². The molecule has 2 rings (SSSR count). The van der Waals surface area contributed by atoms with Crippen molar-refractivity contribution in [3.05, 3.63) is 58.9 Å². The van der Waals surface area contributed by atoms with Crippen LogP contribution in [0.2, 0.25) is 5.02 Å². The third-order valence-corrected chi connectivity index (χ3v) is 3.32. The molecule has 0 bridgehead atoms. The Morgan fingerprint density at radius 1 is 1.20 bits per heavy atom. The highest BCUT2D eigenvalue weighted by Gasteiger charge is 2.13. The highest BCUT2D eigenvalue weighted by atomic mass is 35.5. The fourth-order valence-corrected chi connectivity index (χ4v) is 2.19. The van der Waals surface area contributed by atoms with Crippen molar-refractivity contribution < 1.29 is 9.13 Å². The van der Waals surface area contributed by atoms with Gasteiger partial charge in [-0.2, -0.15) is 0 Å². The molecule has 0 aliphatic heterocycles. The van der Waals surface area contributed by atoms with E-state index in [-0.39, 0.29) is 11.9 Å². The molecule has 0 aliphatic rings. The van der Waals surface area contributed by atoms with Gasteiger partial charge in [0.1, 0.15) is 17.3 Å². The Balaban J connectivity index is 2.34. The van der Waals surface area contributed by atoms with Crippen LogP contribution in [0.15, 0.2) is 42.5 Å². The van der Waals surface area contributed by atoms with E-state index in [0.717, 1.165) is 12.1 Å². The molecular formula is C16H17ClFNO. The van der Waals surface area contributed by atoms with E-state index in [0.29, 0.717) is 16.5 Å². The number of hydrogen-bond acceptors (Lipinski definition) is 2. The smallest absolute Gasteiger partial charge is 0.146 e. The molecule has 0 spiro atoms. The first-order valence-electron chi connectivity index (χ1n) is 6.57. The number of hydrogen-bond donors (Lipinski definition) is 1. The fourth-order valence-electron chi connectivity index (χ4n) is 2.01. The maximum absolute atomic E-state index is 13.5. The molecule has 4 heteroatoms. The molecule has 20 heavy (non-hydrogen) atoms. The summed E-state index contributed by atoms with van der Waals surface area (Å²) < 4.78 is 19.3. The zero-order valence-electron chi connectivity index (χ0n) is 11.5. The summed E-state index contributed by atoms with van der Waals surface area (Å²) in [7, 11) is 0. The summed E-state index contributed by atoms with van der Waals surface area (Å²) in [6, 6.07) is 11.7. The van der Waals surface area contributed by atoms with Gasteiger partial charge in [-0.15, -0.1) is 0 Å². The van der Waals surface area contributed by atoms with Crippen LogP contribution in [-0.4, -0.2) is 6.54 Å². The van der Waals surface area contributed by atoms with E-state index >= 15 is 0 Å². The molecule has 0 fully saturated rings. The Hall–Kier alpha value is -1.58. The molecule has 2 aromatic rings.